The number of pyridine rings is 1. The first-order chi connectivity index (χ1) is 17.8. The predicted octanol–water partition coefficient (Wildman–Crippen LogP) is 4.10. The lowest BCUT2D eigenvalue weighted by atomic mass is 9.97. The van der Waals surface area contributed by atoms with Crippen molar-refractivity contribution in [3.05, 3.63) is 90.5 Å². The highest BCUT2D eigenvalue weighted by Crippen LogP contribution is 2.38. The topological polar surface area (TPSA) is 102 Å². The molecule has 1 aliphatic heterocycles. The third-order valence-electron chi connectivity index (χ3n) is 6.67. The fourth-order valence-corrected chi connectivity index (χ4v) is 4.89. The molecule has 5 aromatic rings. The Bertz CT molecular complexity index is 1720. The number of rotatable bonds is 6. The van der Waals surface area contributed by atoms with E-state index < -0.39 is 17.4 Å². The maximum atomic E-state index is 13.3. The molecule has 0 fully saturated rings. The quantitative estimate of drug-likeness (QED) is 0.348. The van der Waals surface area contributed by atoms with Crippen LogP contribution in [0.1, 0.15) is 31.5 Å². The van der Waals surface area contributed by atoms with Crippen LogP contribution in [0.5, 0.6) is 0 Å². The van der Waals surface area contributed by atoms with Crippen LogP contribution in [0.25, 0.3) is 38.6 Å². The Labute approximate surface area is 212 Å². The Morgan fingerprint density at radius 2 is 1.59 bits per heavy atom. The largest absolute Gasteiger partial charge is 0.390 e. The number of carbonyl (C=O) groups excluding carboxylic acids is 2. The Morgan fingerprint density at radius 1 is 0.892 bits per heavy atom. The van der Waals surface area contributed by atoms with E-state index in [1.165, 1.54) is 0 Å². The normalized spacial score (nSPS) is 14.2. The minimum atomic E-state index is -0.869. The lowest BCUT2D eigenvalue weighted by Crippen LogP contribution is -2.23. The van der Waals surface area contributed by atoms with Crippen molar-refractivity contribution in [3.63, 3.8) is 0 Å². The number of aromatic nitrogens is 4. The number of hydrogen-bond donors (Lipinski definition) is 2. The van der Waals surface area contributed by atoms with Gasteiger partial charge in [0.05, 0.1) is 39.7 Å². The van der Waals surface area contributed by atoms with Crippen LogP contribution in [0.15, 0.2) is 79.3 Å². The summed E-state index contributed by atoms with van der Waals surface area (Å²) in [6.07, 6.45) is 5.82. The zero-order valence-corrected chi connectivity index (χ0v) is 20.5. The van der Waals surface area contributed by atoms with Gasteiger partial charge in [-0.15, -0.1) is 0 Å². The van der Waals surface area contributed by atoms with Crippen molar-refractivity contribution in [1.82, 2.24) is 24.6 Å². The van der Waals surface area contributed by atoms with Crippen LogP contribution in [0.4, 0.5) is 0 Å². The van der Waals surface area contributed by atoms with Crippen LogP contribution >= 0.6 is 0 Å². The maximum absolute atomic E-state index is 13.3. The second-order valence-electron chi connectivity index (χ2n) is 9.83. The Kier molecular flexibility index (Phi) is 5.27. The average molecular weight is 492 g/mol. The molecular weight excluding hydrogens is 466 g/mol. The van der Waals surface area contributed by atoms with Crippen LogP contribution < -0.4 is 5.32 Å². The summed E-state index contributed by atoms with van der Waals surface area (Å²) in [5.41, 5.74) is 3.34. The number of benzene rings is 2. The van der Waals surface area contributed by atoms with E-state index in [9.17, 15) is 14.7 Å². The van der Waals surface area contributed by atoms with E-state index in [1.54, 1.807) is 30.9 Å². The molecule has 2 aromatic carbocycles. The molecule has 0 radical (unpaired) electrons. The number of nitrogens with zero attached hydrogens (tertiary/aromatic N) is 4. The van der Waals surface area contributed by atoms with Gasteiger partial charge in [0.25, 0.3) is 11.8 Å². The molecule has 0 aliphatic carbocycles. The number of para-hydroxylation sites is 2. The number of nitrogens with one attached hydrogen (secondary N) is 1. The number of imide groups is 1. The van der Waals surface area contributed by atoms with Crippen molar-refractivity contribution >= 4 is 44.8 Å². The number of fused-ring (bicyclic) bond motifs is 2. The van der Waals surface area contributed by atoms with Gasteiger partial charge in [-0.1, -0.05) is 36.4 Å². The average Bonchev–Trinajstić information content (AvgIpc) is 3.53. The highest BCUT2D eigenvalue weighted by Gasteiger charge is 2.36. The molecule has 8 heteroatoms. The third kappa shape index (κ3) is 3.91. The molecule has 1 aliphatic rings. The Balaban J connectivity index is 1.60. The first kappa shape index (κ1) is 22.9. The molecule has 0 saturated heterocycles. The molecule has 0 spiro atoms. The standard InChI is InChI=1S/C29H25N5O3/c1-29(2,37)13-15-34-23-12-6-4-10-20(23)26(32-34)25-24(27(35)31-28(25)36)21-17-33(18-8-7-14-30-16-18)22-11-5-3-9-19(21)22/h3-12,14,16-17,37H,13,15H2,1-2H3,(H,31,35,36). The zero-order chi connectivity index (χ0) is 25.7. The summed E-state index contributed by atoms with van der Waals surface area (Å²) in [4.78, 5) is 30.8. The van der Waals surface area contributed by atoms with Gasteiger partial charge in [-0.2, -0.15) is 5.10 Å². The van der Waals surface area contributed by atoms with Gasteiger partial charge in [0.15, 0.2) is 0 Å². The van der Waals surface area contributed by atoms with E-state index in [0.717, 1.165) is 27.5 Å². The molecule has 6 rings (SSSR count). The Hall–Kier alpha value is -4.56. The molecule has 4 heterocycles. The molecule has 8 nitrogen and oxygen atoms in total. The summed E-state index contributed by atoms with van der Waals surface area (Å²) >= 11 is 0. The number of aryl methyl sites for hydroxylation is 1. The van der Waals surface area contributed by atoms with Crippen molar-refractivity contribution in [2.75, 3.05) is 0 Å². The summed E-state index contributed by atoms with van der Waals surface area (Å²) in [5, 5.41) is 19.2. The van der Waals surface area contributed by atoms with E-state index in [1.807, 2.05) is 71.4 Å². The molecule has 0 saturated carbocycles. The predicted molar refractivity (Wildman–Crippen MR) is 142 cm³/mol. The molecular formula is C29H25N5O3. The van der Waals surface area contributed by atoms with E-state index in [4.69, 9.17) is 5.10 Å². The van der Waals surface area contributed by atoms with Gasteiger partial charge in [0.2, 0.25) is 0 Å². The second kappa shape index (κ2) is 8.53. The molecule has 2 amide bonds. The van der Waals surface area contributed by atoms with Crippen molar-refractivity contribution in [2.45, 2.75) is 32.4 Å². The van der Waals surface area contributed by atoms with Gasteiger partial charge in [-0.3, -0.25) is 24.6 Å². The van der Waals surface area contributed by atoms with Gasteiger partial charge in [-0.05, 0) is 44.5 Å². The molecule has 0 atom stereocenters. The first-order valence-electron chi connectivity index (χ1n) is 12.1. The van der Waals surface area contributed by atoms with Crippen molar-refractivity contribution in [3.8, 4) is 5.69 Å². The first-order valence-corrected chi connectivity index (χ1v) is 12.1. The van der Waals surface area contributed by atoms with Crippen LogP contribution in [-0.2, 0) is 16.1 Å². The molecule has 37 heavy (non-hydrogen) atoms. The summed E-state index contributed by atoms with van der Waals surface area (Å²) < 4.78 is 3.76. The molecule has 2 N–H and O–H groups in total. The molecule has 0 bridgehead atoms. The van der Waals surface area contributed by atoms with Crippen molar-refractivity contribution in [1.29, 1.82) is 0 Å². The Morgan fingerprint density at radius 3 is 2.32 bits per heavy atom. The monoisotopic (exact) mass is 491 g/mol. The minimum absolute atomic E-state index is 0.247. The van der Waals surface area contributed by atoms with Crippen molar-refractivity contribution in [2.24, 2.45) is 0 Å². The SMILES string of the molecule is CC(C)(O)CCn1nc(C2=C(c3cn(-c4cccnc4)c4ccccc34)C(=O)NC2=O)c2ccccc21. The van der Waals surface area contributed by atoms with E-state index >= 15 is 0 Å². The number of carbonyl (C=O) groups is 2. The highest BCUT2D eigenvalue weighted by atomic mass is 16.3. The van der Waals surface area contributed by atoms with Gasteiger partial charge in [-0.25, -0.2) is 0 Å². The van der Waals surface area contributed by atoms with Crippen LogP contribution in [0.2, 0.25) is 0 Å². The van der Waals surface area contributed by atoms with Crippen molar-refractivity contribution < 1.29 is 14.7 Å². The summed E-state index contributed by atoms with van der Waals surface area (Å²) in [5.74, 6) is -0.930. The van der Waals surface area contributed by atoms with Crippen LogP contribution in [0, 0.1) is 0 Å². The van der Waals surface area contributed by atoms with Gasteiger partial charge < -0.3 is 9.67 Å². The molecule has 184 valence electrons. The van der Waals surface area contributed by atoms with Crippen LogP contribution in [-0.4, -0.2) is 41.9 Å². The van der Waals surface area contributed by atoms with Gasteiger partial charge in [0, 0.05) is 35.3 Å². The molecule has 3 aromatic heterocycles. The summed E-state index contributed by atoms with van der Waals surface area (Å²) in [6, 6.07) is 19.2. The van der Waals surface area contributed by atoms with Gasteiger partial charge in [0.1, 0.15) is 5.69 Å². The number of aliphatic hydroxyl groups is 1. The lowest BCUT2D eigenvalue weighted by molar-refractivity contribution is -0.122. The van der Waals surface area contributed by atoms with E-state index in [2.05, 4.69) is 10.3 Å². The highest BCUT2D eigenvalue weighted by molar-refractivity contribution is 6.50. The minimum Gasteiger partial charge on any atom is -0.390 e. The lowest BCUT2D eigenvalue weighted by Gasteiger charge is -2.16. The van der Waals surface area contributed by atoms with E-state index in [-0.39, 0.29) is 5.57 Å². The smallest absolute Gasteiger partial charge is 0.261 e. The number of hydrogen-bond acceptors (Lipinski definition) is 5. The number of amides is 2. The zero-order valence-electron chi connectivity index (χ0n) is 20.5. The van der Waals surface area contributed by atoms with Crippen LogP contribution in [0.3, 0.4) is 0 Å². The third-order valence-corrected chi connectivity index (χ3v) is 6.67. The second-order valence-corrected chi connectivity index (χ2v) is 9.83. The fraction of sp³-hybridized carbons (Fsp3) is 0.172. The maximum Gasteiger partial charge on any atom is 0.261 e. The summed E-state index contributed by atoms with van der Waals surface area (Å²) in [7, 11) is 0. The van der Waals surface area contributed by atoms with Gasteiger partial charge >= 0.3 is 0 Å². The van der Waals surface area contributed by atoms with E-state index in [0.29, 0.717) is 29.8 Å². The molecule has 0 unspecified atom stereocenters. The fourth-order valence-electron chi connectivity index (χ4n) is 4.89. The summed E-state index contributed by atoms with van der Waals surface area (Å²) in [6.45, 7) is 3.96.